The highest BCUT2D eigenvalue weighted by Gasteiger charge is 2.48. The zero-order valence-electron chi connectivity index (χ0n) is 17.4. The molecule has 30 heavy (non-hydrogen) atoms. The van der Waals surface area contributed by atoms with E-state index in [4.69, 9.17) is 0 Å². The number of nitrogens with one attached hydrogen (secondary N) is 2. The van der Waals surface area contributed by atoms with E-state index >= 15 is 0 Å². The monoisotopic (exact) mass is 426 g/mol. The van der Waals surface area contributed by atoms with Gasteiger partial charge in [-0.3, -0.25) is 4.79 Å². The van der Waals surface area contributed by atoms with Crippen LogP contribution in [0.2, 0.25) is 0 Å². The lowest BCUT2D eigenvalue weighted by Crippen LogP contribution is -2.56. The zero-order valence-corrected chi connectivity index (χ0v) is 18.2. The maximum atomic E-state index is 12.8. The van der Waals surface area contributed by atoms with Crippen LogP contribution in [0.25, 0.3) is 10.8 Å². The van der Waals surface area contributed by atoms with Crippen molar-refractivity contribution in [1.29, 1.82) is 0 Å². The van der Waals surface area contributed by atoms with Crippen LogP contribution in [0.5, 0.6) is 0 Å². The molecular weight excluding hydrogens is 396 g/mol. The molecule has 1 amide bonds. The number of carbonyl (C=O) groups excluding carboxylic acids is 1. The predicted molar refractivity (Wildman–Crippen MR) is 117 cm³/mol. The highest BCUT2D eigenvalue weighted by Crippen LogP contribution is 2.53. The molecule has 2 aromatic rings. The molecule has 6 heteroatoms. The van der Waals surface area contributed by atoms with E-state index in [1.165, 1.54) is 32.1 Å². The second kappa shape index (κ2) is 7.65. The van der Waals surface area contributed by atoms with Crippen molar-refractivity contribution in [2.75, 3.05) is 0 Å². The van der Waals surface area contributed by atoms with Crippen LogP contribution < -0.4 is 10.0 Å². The van der Waals surface area contributed by atoms with Gasteiger partial charge in [-0.25, -0.2) is 13.1 Å². The van der Waals surface area contributed by atoms with Crippen LogP contribution in [0.3, 0.4) is 0 Å². The third kappa shape index (κ3) is 3.87. The second-order valence-electron chi connectivity index (χ2n) is 9.76. The van der Waals surface area contributed by atoms with Crippen molar-refractivity contribution in [2.24, 2.45) is 23.7 Å². The van der Waals surface area contributed by atoms with Crippen LogP contribution in [0.1, 0.15) is 45.4 Å². The average molecular weight is 427 g/mol. The number of hydrogen-bond acceptors (Lipinski definition) is 3. The number of carbonyl (C=O) groups is 1. The van der Waals surface area contributed by atoms with Crippen molar-refractivity contribution in [3.63, 3.8) is 0 Å². The Bertz CT molecular complexity index is 1040. The normalized spacial score (nSPS) is 31.0. The van der Waals surface area contributed by atoms with Gasteiger partial charge in [-0.05, 0) is 85.6 Å². The molecule has 1 unspecified atom stereocenters. The molecule has 4 aliphatic carbocycles. The second-order valence-corrected chi connectivity index (χ2v) is 11.5. The van der Waals surface area contributed by atoms with E-state index in [-0.39, 0.29) is 23.3 Å². The molecule has 4 fully saturated rings. The first kappa shape index (κ1) is 20.0. The summed E-state index contributed by atoms with van der Waals surface area (Å²) in [7, 11) is -3.68. The molecule has 0 aromatic heterocycles. The van der Waals surface area contributed by atoms with Gasteiger partial charge in [0.05, 0.1) is 4.90 Å². The predicted octanol–water partition coefficient (Wildman–Crippen LogP) is 3.84. The van der Waals surface area contributed by atoms with Crippen LogP contribution in [-0.4, -0.2) is 26.4 Å². The summed E-state index contributed by atoms with van der Waals surface area (Å²) in [4.78, 5) is 12.9. The minimum Gasteiger partial charge on any atom is -0.353 e. The van der Waals surface area contributed by atoms with Crippen molar-refractivity contribution in [2.45, 2.75) is 62.4 Å². The Balaban J connectivity index is 1.20. The molecule has 1 atom stereocenters. The molecule has 2 aromatic carbocycles. The lowest BCUT2D eigenvalue weighted by molar-refractivity contribution is -0.125. The summed E-state index contributed by atoms with van der Waals surface area (Å²) in [6.07, 6.45) is 6.56. The Morgan fingerprint density at radius 2 is 1.60 bits per heavy atom. The van der Waals surface area contributed by atoms with Crippen molar-refractivity contribution >= 4 is 26.7 Å². The number of sulfonamides is 1. The molecule has 160 valence electrons. The number of fused-ring (bicyclic) bond motifs is 1. The molecule has 0 saturated heterocycles. The first-order chi connectivity index (χ1) is 14.4. The summed E-state index contributed by atoms with van der Waals surface area (Å²) < 4.78 is 28.3. The number of amides is 1. The third-order valence-corrected chi connectivity index (χ3v) is 9.02. The van der Waals surface area contributed by atoms with E-state index in [1.54, 1.807) is 19.1 Å². The number of rotatable bonds is 6. The smallest absolute Gasteiger partial charge is 0.240 e. The maximum Gasteiger partial charge on any atom is 0.240 e. The molecule has 2 N–H and O–H groups in total. The molecule has 6 rings (SSSR count). The van der Waals surface area contributed by atoms with E-state index in [1.807, 2.05) is 30.3 Å². The Morgan fingerprint density at radius 1 is 0.967 bits per heavy atom. The van der Waals surface area contributed by atoms with E-state index in [0.29, 0.717) is 11.8 Å². The van der Waals surface area contributed by atoms with Crippen molar-refractivity contribution in [1.82, 2.24) is 10.0 Å². The fourth-order valence-electron chi connectivity index (χ4n) is 6.39. The summed E-state index contributed by atoms with van der Waals surface area (Å²) in [5, 5.41) is 5.15. The lowest BCUT2D eigenvalue weighted by Gasteiger charge is -2.54. The fourth-order valence-corrected chi connectivity index (χ4v) is 7.67. The average Bonchev–Trinajstić information content (AvgIpc) is 2.69. The minimum absolute atomic E-state index is 0.0406. The van der Waals surface area contributed by atoms with Gasteiger partial charge in [-0.2, -0.15) is 0 Å². The van der Waals surface area contributed by atoms with Crippen LogP contribution in [0.15, 0.2) is 47.4 Å². The van der Waals surface area contributed by atoms with Crippen LogP contribution in [0, 0.1) is 23.7 Å². The maximum absolute atomic E-state index is 12.8. The Morgan fingerprint density at radius 3 is 2.27 bits per heavy atom. The van der Waals surface area contributed by atoms with Gasteiger partial charge in [0.2, 0.25) is 15.9 Å². The molecule has 4 bridgehead atoms. The fraction of sp³-hybridized carbons (Fsp3) is 0.542. The van der Waals surface area contributed by atoms with Crippen molar-refractivity contribution in [3.05, 3.63) is 42.5 Å². The highest BCUT2D eigenvalue weighted by molar-refractivity contribution is 7.89. The topological polar surface area (TPSA) is 75.3 Å². The molecule has 4 aliphatic rings. The van der Waals surface area contributed by atoms with Crippen molar-refractivity contribution in [3.8, 4) is 0 Å². The van der Waals surface area contributed by atoms with E-state index in [9.17, 15) is 13.2 Å². The first-order valence-electron chi connectivity index (χ1n) is 11.2. The van der Waals surface area contributed by atoms with Crippen LogP contribution >= 0.6 is 0 Å². The van der Waals surface area contributed by atoms with Crippen molar-refractivity contribution < 1.29 is 13.2 Å². The first-order valence-corrected chi connectivity index (χ1v) is 12.7. The molecule has 0 heterocycles. The minimum atomic E-state index is -3.68. The van der Waals surface area contributed by atoms with E-state index < -0.39 is 16.1 Å². The molecule has 0 spiro atoms. The molecule has 0 aliphatic heterocycles. The summed E-state index contributed by atoms with van der Waals surface area (Å²) in [5.41, 5.74) is 0. The Hall–Kier alpha value is -1.92. The van der Waals surface area contributed by atoms with Gasteiger partial charge in [0.1, 0.15) is 0 Å². The molecule has 5 nitrogen and oxygen atoms in total. The zero-order chi connectivity index (χ0) is 20.9. The third-order valence-electron chi connectivity index (χ3n) is 7.43. The van der Waals surface area contributed by atoms with Crippen LogP contribution in [0.4, 0.5) is 0 Å². The largest absolute Gasteiger partial charge is 0.353 e. The van der Waals surface area contributed by atoms with Crippen LogP contribution in [-0.2, 0) is 14.8 Å². The Kier molecular flexibility index (Phi) is 5.10. The van der Waals surface area contributed by atoms with Gasteiger partial charge in [0, 0.05) is 18.5 Å². The summed E-state index contributed by atoms with van der Waals surface area (Å²) in [6.45, 7) is 1.76. The summed E-state index contributed by atoms with van der Waals surface area (Å²) in [5.74, 6) is 2.94. The summed E-state index contributed by atoms with van der Waals surface area (Å²) >= 11 is 0. The van der Waals surface area contributed by atoms with Gasteiger partial charge in [-0.1, -0.05) is 30.3 Å². The molecule has 4 saturated carbocycles. The number of hydrogen-bond donors (Lipinski definition) is 2. The quantitative estimate of drug-likeness (QED) is 0.737. The van der Waals surface area contributed by atoms with Gasteiger partial charge in [-0.15, -0.1) is 0 Å². The number of benzene rings is 2. The van der Waals surface area contributed by atoms with Gasteiger partial charge in [0.25, 0.3) is 0 Å². The Labute approximate surface area is 178 Å². The van der Waals surface area contributed by atoms with Gasteiger partial charge in [0.15, 0.2) is 0 Å². The molecule has 0 radical (unpaired) electrons. The van der Waals surface area contributed by atoms with Gasteiger partial charge >= 0.3 is 0 Å². The van der Waals surface area contributed by atoms with Gasteiger partial charge < -0.3 is 5.32 Å². The summed E-state index contributed by atoms with van der Waals surface area (Å²) in [6, 6.07) is 12.6. The standard InChI is InChI=1S/C24H30N2O3S/c1-15(26-30(28,29)22-7-6-18-4-2-3-5-19(18)14-22)8-23(27)25-24-20-10-16-9-17(12-20)13-21(24)11-16/h2-7,14-17,20-21,24,26H,8-13H2,1H3,(H,25,27). The van der Waals surface area contributed by atoms with E-state index in [0.717, 1.165) is 22.6 Å². The SMILES string of the molecule is CC(CC(=O)NC1C2CC3CC(C2)CC1C3)NS(=O)(=O)c1ccc2ccccc2c1. The highest BCUT2D eigenvalue weighted by atomic mass is 32.2. The molecular formula is C24H30N2O3S. The lowest BCUT2D eigenvalue weighted by atomic mass is 9.54. The van der Waals surface area contributed by atoms with E-state index in [2.05, 4.69) is 10.0 Å².